The van der Waals surface area contributed by atoms with Crippen molar-refractivity contribution in [2.45, 2.75) is 25.5 Å². The summed E-state index contributed by atoms with van der Waals surface area (Å²) in [5, 5.41) is 2.91. The number of piperidine rings is 3. The Morgan fingerprint density at radius 3 is 2.91 bits per heavy atom. The second-order valence-corrected chi connectivity index (χ2v) is 6.28. The minimum absolute atomic E-state index is 0.322. The second kappa shape index (κ2) is 6.97. The molecule has 4 heteroatoms. The summed E-state index contributed by atoms with van der Waals surface area (Å²) in [4.78, 5) is 14.3. The number of hydrogen-bond acceptors (Lipinski definition) is 3. The molecule has 3 saturated heterocycles. The molecule has 22 heavy (non-hydrogen) atoms. The van der Waals surface area contributed by atoms with E-state index in [-0.39, 0.29) is 6.09 Å². The number of hydrogen-bond donors (Lipinski definition) is 1. The standard InChI is InChI=1S/C18H24N2O2/c1-2-15-12-20-9-8-16(15)10-17(20)11-19-18(21)22-13-14-6-4-3-5-7-14/h2-7,15-17H,1,8-13H2,(H,19,21)/t15-,16-,17-/m0/s1. The summed E-state index contributed by atoms with van der Waals surface area (Å²) in [6.45, 7) is 7.16. The number of amides is 1. The molecular weight excluding hydrogens is 276 g/mol. The van der Waals surface area contributed by atoms with Crippen LogP contribution in [-0.4, -0.2) is 36.7 Å². The third-order valence-corrected chi connectivity index (χ3v) is 4.93. The lowest BCUT2D eigenvalue weighted by Crippen LogP contribution is -2.56. The lowest BCUT2D eigenvalue weighted by atomic mass is 9.76. The first-order valence-electron chi connectivity index (χ1n) is 8.07. The molecule has 1 aromatic rings. The van der Waals surface area contributed by atoms with Gasteiger partial charge in [0, 0.05) is 19.1 Å². The van der Waals surface area contributed by atoms with Crippen molar-refractivity contribution >= 4 is 6.09 Å². The lowest BCUT2D eigenvalue weighted by Gasteiger charge is -2.49. The molecule has 0 aromatic heterocycles. The van der Waals surface area contributed by atoms with Crippen LogP contribution in [0.1, 0.15) is 18.4 Å². The molecule has 4 rings (SSSR count). The second-order valence-electron chi connectivity index (χ2n) is 6.28. The van der Waals surface area contributed by atoms with Crippen LogP contribution in [0, 0.1) is 11.8 Å². The first-order chi connectivity index (χ1) is 10.8. The molecule has 1 aromatic carbocycles. The average Bonchev–Trinajstić information content (AvgIpc) is 2.59. The molecule has 0 spiro atoms. The Hall–Kier alpha value is -1.81. The third-order valence-electron chi connectivity index (χ3n) is 4.93. The maximum Gasteiger partial charge on any atom is 0.407 e. The molecule has 3 heterocycles. The minimum Gasteiger partial charge on any atom is -0.445 e. The van der Waals surface area contributed by atoms with Crippen molar-refractivity contribution in [3.63, 3.8) is 0 Å². The van der Waals surface area contributed by atoms with Crippen LogP contribution in [0.4, 0.5) is 4.79 Å². The van der Waals surface area contributed by atoms with Crippen LogP contribution >= 0.6 is 0 Å². The number of benzene rings is 1. The van der Waals surface area contributed by atoms with Crippen LogP contribution < -0.4 is 5.32 Å². The van der Waals surface area contributed by atoms with Crippen molar-refractivity contribution in [3.05, 3.63) is 48.6 Å². The van der Waals surface area contributed by atoms with Crippen LogP contribution in [0.3, 0.4) is 0 Å². The molecule has 3 aliphatic rings. The van der Waals surface area contributed by atoms with E-state index in [4.69, 9.17) is 4.74 Å². The van der Waals surface area contributed by atoms with E-state index in [1.807, 2.05) is 30.3 Å². The summed E-state index contributed by atoms with van der Waals surface area (Å²) < 4.78 is 5.26. The molecule has 3 aliphatic heterocycles. The Morgan fingerprint density at radius 2 is 2.23 bits per heavy atom. The van der Waals surface area contributed by atoms with E-state index < -0.39 is 0 Å². The fraction of sp³-hybridized carbons (Fsp3) is 0.500. The molecule has 3 fully saturated rings. The fourth-order valence-corrected chi connectivity index (χ4v) is 3.63. The zero-order valence-corrected chi connectivity index (χ0v) is 12.9. The molecule has 4 atom stereocenters. The summed E-state index contributed by atoms with van der Waals surface area (Å²) in [6.07, 6.45) is 4.17. The van der Waals surface area contributed by atoms with E-state index in [9.17, 15) is 4.79 Å². The normalized spacial score (nSPS) is 29.8. The van der Waals surface area contributed by atoms with Crippen molar-refractivity contribution in [3.8, 4) is 0 Å². The fourth-order valence-electron chi connectivity index (χ4n) is 3.63. The van der Waals surface area contributed by atoms with Crippen molar-refractivity contribution in [1.29, 1.82) is 0 Å². The van der Waals surface area contributed by atoms with Gasteiger partial charge in [0.2, 0.25) is 0 Å². The van der Waals surface area contributed by atoms with Gasteiger partial charge in [0.1, 0.15) is 6.61 Å². The van der Waals surface area contributed by atoms with Gasteiger partial charge >= 0.3 is 6.09 Å². The van der Waals surface area contributed by atoms with Crippen LogP contribution in [0.15, 0.2) is 43.0 Å². The van der Waals surface area contributed by atoms with Gasteiger partial charge in [0.05, 0.1) is 0 Å². The molecular formula is C18H24N2O2. The van der Waals surface area contributed by atoms with Crippen molar-refractivity contribution in [2.75, 3.05) is 19.6 Å². The first kappa shape index (κ1) is 15.1. The molecule has 0 aliphatic carbocycles. The van der Waals surface area contributed by atoms with E-state index in [1.54, 1.807) is 0 Å². The average molecular weight is 300 g/mol. The first-order valence-corrected chi connectivity index (χ1v) is 8.07. The summed E-state index contributed by atoms with van der Waals surface area (Å²) in [6, 6.07) is 10.2. The maximum absolute atomic E-state index is 11.8. The van der Waals surface area contributed by atoms with Gasteiger partial charge in [-0.25, -0.2) is 4.79 Å². The highest BCUT2D eigenvalue weighted by Crippen LogP contribution is 2.36. The van der Waals surface area contributed by atoms with E-state index in [1.165, 1.54) is 6.42 Å². The molecule has 2 bridgehead atoms. The monoisotopic (exact) mass is 300 g/mol. The predicted molar refractivity (Wildman–Crippen MR) is 86.4 cm³/mol. The Morgan fingerprint density at radius 1 is 1.41 bits per heavy atom. The van der Waals surface area contributed by atoms with Crippen LogP contribution in [0.25, 0.3) is 0 Å². The van der Waals surface area contributed by atoms with E-state index in [0.717, 1.165) is 31.0 Å². The highest BCUT2D eigenvalue weighted by atomic mass is 16.5. The summed E-state index contributed by atoms with van der Waals surface area (Å²) in [5.74, 6) is 1.35. The van der Waals surface area contributed by atoms with Crippen molar-refractivity contribution in [1.82, 2.24) is 10.2 Å². The van der Waals surface area contributed by atoms with Gasteiger partial charge in [-0.05, 0) is 36.8 Å². The van der Waals surface area contributed by atoms with E-state index in [2.05, 4.69) is 22.9 Å². The van der Waals surface area contributed by atoms with Gasteiger partial charge in [-0.15, -0.1) is 6.58 Å². The molecule has 0 saturated carbocycles. The Bertz CT molecular complexity index is 517. The van der Waals surface area contributed by atoms with Crippen molar-refractivity contribution < 1.29 is 9.53 Å². The van der Waals surface area contributed by atoms with Gasteiger partial charge in [-0.3, -0.25) is 4.90 Å². The SMILES string of the molecule is C=C[C@H]1CN2CC[C@H]1C[C@H]2CNC(=O)OCc1ccccc1. The zero-order valence-electron chi connectivity index (χ0n) is 12.9. The quantitative estimate of drug-likeness (QED) is 0.850. The Balaban J connectivity index is 1.41. The number of alkyl carbamates (subject to hydrolysis) is 1. The molecule has 1 unspecified atom stereocenters. The highest BCUT2D eigenvalue weighted by Gasteiger charge is 2.38. The zero-order chi connectivity index (χ0) is 15.4. The third kappa shape index (κ3) is 3.50. The van der Waals surface area contributed by atoms with E-state index >= 15 is 0 Å². The summed E-state index contributed by atoms with van der Waals surface area (Å²) >= 11 is 0. The summed E-state index contributed by atoms with van der Waals surface area (Å²) in [7, 11) is 0. The molecule has 118 valence electrons. The maximum atomic E-state index is 11.8. The molecule has 0 radical (unpaired) electrons. The number of ether oxygens (including phenoxy) is 1. The Labute approximate surface area is 132 Å². The number of carbonyl (C=O) groups excluding carboxylic acids is 1. The van der Waals surface area contributed by atoms with Gasteiger partial charge in [0.25, 0.3) is 0 Å². The molecule has 1 N–H and O–H groups in total. The van der Waals surface area contributed by atoms with Gasteiger partial charge in [-0.1, -0.05) is 36.4 Å². The van der Waals surface area contributed by atoms with Gasteiger partial charge < -0.3 is 10.1 Å². The van der Waals surface area contributed by atoms with Gasteiger partial charge in [-0.2, -0.15) is 0 Å². The number of nitrogens with zero attached hydrogens (tertiary/aromatic N) is 1. The molecule has 4 nitrogen and oxygen atoms in total. The predicted octanol–water partition coefficient (Wildman–Crippen LogP) is 2.81. The number of fused-ring (bicyclic) bond motifs is 3. The topological polar surface area (TPSA) is 41.6 Å². The van der Waals surface area contributed by atoms with E-state index in [0.29, 0.717) is 25.1 Å². The van der Waals surface area contributed by atoms with Crippen LogP contribution in [0.2, 0.25) is 0 Å². The van der Waals surface area contributed by atoms with Crippen LogP contribution in [0.5, 0.6) is 0 Å². The highest BCUT2D eigenvalue weighted by molar-refractivity contribution is 5.67. The van der Waals surface area contributed by atoms with Crippen LogP contribution in [-0.2, 0) is 11.3 Å². The largest absolute Gasteiger partial charge is 0.445 e. The van der Waals surface area contributed by atoms with Gasteiger partial charge in [0.15, 0.2) is 0 Å². The molecule has 1 amide bonds. The lowest BCUT2D eigenvalue weighted by molar-refractivity contribution is 0.0190. The number of nitrogens with one attached hydrogen (secondary N) is 1. The summed E-state index contributed by atoms with van der Waals surface area (Å²) in [5.41, 5.74) is 1.01. The number of carbonyl (C=O) groups is 1. The minimum atomic E-state index is -0.327. The number of rotatable bonds is 5. The Kier molecular flexibility index (Phi) is 4.78. The smallest absolute Gasteiger partial charge is 0.407 e. The van der Waals surface area contributed by atoms with Crippen molar-refractivity contribution in [2.24, 2.45) is 11.8 Å².